The van der Waals surface area contributed by atoms with E-state index >= 15 is 0 Å². The Bertz CT molecular complexity index is 1270. The lowest BCUT2D eigenvalue weighted by Crippen LogP contribution is -2.57. The fourth-order valence-corrected chi connectivity index (χ4v) is 6.08. The average Bonchev–Trinajstić information content (AvgIpc) is 2.89. The molecule has 0 spiro atoms. The molecule has 2 heterocycles. The molecule has 0 bridgehead atoms. The summed E-state index contributed by atoms with van der Waals surface area (Å²) in [7, 11) is 0. The number of amides is 2. The summed E-state index contributed by atoms with van der Waals surface area (Å²) in [6.07, 6.45) is 7.02. The summed E-state index contributed by atoms with van der Waals surface area (Å²) in [6.45, 7) is 0.323. The topological polar surface area (TPSA) is 88.3 Å². The number of nitrogens with two attached hydrogens (primary N) is 1. The summed E-state index contributed by atoms with van der Waals surface area (Å²) in [4.78, 5) is 33.9. The van der Waals surface area contributed by atoms with E-state index in [9.17, 15) is 9.59 Å². The highest BCUT2D eigenvalue weighted by Gasteiger charge is 2.48. The van der Waals surface area contributed by atoms with Crippen LogP contribution < -0.4 is 11.1 Å². The van der Waals surface area contributed by atoms with E-state index in [4.69, 9.17) is 28.9 Å². The van der Waals surface area contributed by atoms with Gasteiger partial charge in [0, 0.05) is 46.6 Å². The van der Waals surface area contributed by atoms with Crippen molar-refractivity contribution in [1.82, 2.24) is 15.2 Å². The minimum absolute atomic E-state index is 0.125. The predicted octanol–water partition coefficient (Wildman–Crippen LogP) is 5.26. The van der Waals surface area contributed by atoms with Gasteiger partial charge >= 0.3 is 0 Å². The molecule has 3 N–H and O–H groups in total. The van der Waals surface area contributed by atoms with Crippen LogP contribution in [0.5, 0.6) is 0 Å². The van der Waals surface area contributed by atoms with E-state index in [-0.39, 0.29) is 23.9 Å². The predicted molar refractivity (Wildman–Crippen MR) is 141 cm³/mol. The maximum atomic E-state index is 14.0. The number of nitrogens with one attached hydrogen (secondary N) is 1. The molecule has 36 heavy (non-hydrogen) atoms. The Morgan fingerprint density at radius 3 is 2.61 bits per heavy atom. The summed E-state index contributed by atoms with van der Waals surface area (Å²) >= 11 is 12.9. The van der Waals surface area contributed by atoms with Crippen molar-refractivity contribution in [3.8, 4) is 0 Å². The normalized spacial score (nSPS) is 23.8. The first kappa shape index (κ1) is 24.8. The number of carbonyl (C=O) groups excluding carboxylic acids is 2. The molecule has 0 unspecified atom stereocenters. The average molecular weight is 523 g/mol. The Hall–Kier alpha value is -2.93. The van der Waals surface area contributed by atoms with Crippen molar-refractivity contribution < 1.29 is 9.59 Å². The minimum atomic E-state index is -0.677. The standard InChI is InChI=1S/C28H28Cl2N4O2/c29-18-11-12-21(22(30)14-18)26-25(27(35)33-16-17-6-5-13-32-15-17)19-7-1-2-8-20(19)28(36)34(26)24-10-4-3-9-23(24)31/h1-2,5-8,11-15,23-26H,3-4,9-10,16,31H2,(H,33,35)/t23-,24-,25+,26-/m0/s1. The maximum absolute atomic E-state index is 14.0. The van der Waals surface area contributed by atoms with Gasteiger partial charge in [0.1, 0.15) is 0 Å². The molecule has 8 heteroatoms. The Kier molecular flexibility index (Phi) is 7.28. The molecule has 4 atom stereocenters. The first-order chi connectivity index (χ1) is 17.5. The van der Waals surface area contributed by atoms with Crippen LogP contribution in [0.4, 0.5) is 0 Å². The molecule has 0 saturated heterocycles. The summed E-state index contributed by atoms with van der Waals surface area (Å²) in [5, 5.41) is 3.98. The lowest BCUT2D eigenvalue weighted by atomic mass is 9.76. The van der Waals surface area contributed by atoms with Gasteiger partial charge in [-0.2, -0.15) is 0 Å². The van der Waals surface area contributed by atoms with Gasteiger partial charge in [-0.05, 0) is 53.8 Å². The van der Waals surface area contributed by atoms with E-state index in [0.29, 0.717) is 33.3 Å². The SMILES string of the molecule is N[C@H]1CCCC[C@@H]1N1C(=O)c2ccccc2[C@@H](C(=O)NCc2cccnc2)[C@@H]1c1ccc(Cl)cc1Cl. The van der Waals surface area contributed by atoms with Gasteiger partial charge in [-0.3, -0.25) is 14.6 Å². The molecule has 3 aromatic rings. The van der Waals surface area contributed by atoms with Gasteiger partial charge in [-0.15, -0.1) is 0 Å². The fourth-order valence-electron chi connectivity index (χ4n) is 5.56. The fraction of sp³-hybridized carbons (Fsp3) is 0.321. The minimum Gasteiger partial charge on any atom is -0.351 e. The summed E-state index contributed by atoms with van der Waals surface area (Å²) in [5.74, 6) is -0.993. The van der Waals surface area contributed by atoms with Gasteiger partial charge in [-0.1, -0.05) is 66.4 Å². The van der Waals surface area contributed by atoms with Crippen LogP contribution in [0.15, 0.2) is 67.0 Å². The van der Waals surface area contributed by atoms with Gasteiger partial charge in [0.15, 0.2) is 0 Å². The largest absolute Gasteiger partial charge is 0.351 e. The quantitative estimate of drug-likeness (QED) is 0.478. The second-order valence-electron chi connectivity index (χ2n) is 9.48. The smallest absolute Gasteiger partial charge is 0.255 e. The molecule has 186 valence electrons. The molecule has 6 nitrogen and oxygen atoms in total. The second-order valence-corrected chi connectivity index (χ2v) is 10.3. The second kappa shape index (κ2) is 10.6. The number of halogens is 2. The molecule has 2 amide bonds. The van der Waals surface area contributed by atoms with E-state index in [1.54, 1.807) is 30.6 Å². The zero-order valence-electron chi connectivity index (χ0n) is 19.7. The van der Waals surface area contributed by atoms with Crippen molar-refractivity contribution in [3.63, 3.8) is 0 Å². The molecule has 0 radical (unpaired) electrons. The van der Waals surface area contributed by atoms with Crippen LogP contribution in [-0.2, 0) is 11.3 Å². The lowest BCUT2D eigenvalue weighted by molar-refractivity contribution is -0.124. The van der Waals surface area contributed by atoms with Crippen LogP contribution in [-0.4, -0.2) is 33.8 Å². The summed E-state index contributed by atoms with van der Waals surface area (Å²) in [5.41, 5.74) is 9.38. The first-order valence-corrected chi connectivity index (χ1v) is 13.0. The number of aromatic nitrogens is 1. The maximum Gasteiger partial charge on any atom is 0.255 e. The van der Waals surface area contributed by atoms with E-state index in [1.807, 2.05) is 41.3 Å². The van der Waals surface area contributed by atoms with Gasteiger partial charge in [0.25, 0.3) is 5.91 Å². The molecular formula is C28H28Cl2N4O2. The molecule has 2 aliphatic rings. The van der Waals surface area contributed by atoms with Crippen molar-refractivity contribution in [2.24, 2.45) is 5.73 Å². The Morgan fingerprint density at radius 2 is 1.86 bits per heavy atom. The molecule has 5 rings (SSSR count). The number of rotatable bonds is 5. The first-order valence-electron chi connectivity index (χ1n) is 12.2. The summed E-state index contributed by atoms with van der Waals surface area (Å²) in [6, 6.07) is 15.3. The van der Waals surface area contributed by atoms with Crippen molar-refractivity contribution >= 4 is 35.0 Å². The third-order valence-corrected chi connectivity index (χ3v) is 7.83. The van der Waals surface area contributed by atoms with Crippen LogP contribution in [0, 0.1) is 0 Å². The van der Waals surface area contributed by atoms with Gasteiger partial charge in [0.05, 0.1) is 12.0 Å². The lowest BCUT2D eigenvalue weighted by Gasteiger charge is -2.48. The van der Waals surface area contributed by atoms with E-state index < -0.39 is 12.0 Å². The van der Waals surface area contributed by atoms with E-state index in [2.05, 4.69) is 10.3 Å². The number of pyridine rings is 1. The zero-order valence-corrected chi connectivity index (χ0v) is 21.3. The number of nitrogens with zero attached hydrogens (tertiary/aromatic N) is 2. The van der Waals surface area contributed by atoms with Crippen molar-refractivity contribution in [2.75, 3.05) is 0 Å². The number of carbonyl (C=O) groups is 2. The highest BCUT2D eigenvalue weighted by Crippen LogP contribution is 2.47. The Morgan fingerprint density at radius 1 is 1.06 bits per heavy atom. The van der Waals surface area contributed by atoms with Crippen molar-refractivity contribution in [2.45, 2.75) is 56.3 Å². The van der Waals surface area contributed by atoms with Crippen molar-refractivity contribution in [1.29, 1.82) is 0 Å². The third kappa shape index (κ3) is 4.73. The van der Waals surface area contributed by atoms with Crippen LogP contribution in [0.25, 0.3) is 0 Å². The van der Waals surface area contributed by atoms with Gasteiger partial charge in [0.2, 0.25) is 5.91 Å². The van der Waals surface area contributed by atoms with Gasteiger partial charge in [-0.25, -0.2) is 0 Å². The van der Waals surface area contributed by atoms with Crippen LogP contribution >= 0.6 is 23.2 Å². The number of fused-ring (bicyclic) bond motifs is 1. The molecule has 1 saturated carbocycles. The molecule has 1 aromatic heterocycles. The van der Waals surface area contributed by atoms with Crippen LogP contribution in [0.1, 0.15) is 64.7 Å². The Labute approximate surface area is 220 Å². The van der Waals surface area contributed by atoms with Crippen LogP contribution in [0.2, 0.25) is 10.0 Å². The highest BCUT2D eigenvalue weighted by molar-refractivity contribution is 6.35. The van der Waals surface area contributed by atoms with E-state index in [0.717, 1.165) is 31.2 Å². The molecule has 2 aromatic carbocycles. The van der Waals surface area contributed by atoms with Gasteiger partial charge < -0.3 is 16.0 Å². The number of benzene rings is 2. The number of hydrogen-bond donors (Lipinski definition) is 2. The zero-order chi connectivity index (χ0) is 25.2. The summed E-state index contributed by atoms with van der Waals surface area (Å²) < 4.78 is 0. The molecule has 1 aliphatic carbocycles. The van der Waals surface area contributed by atoms with E-state index in [1.165, 1.54) is 0 Å². The highest BCUT2D eigenvalue weighted by atomic mass is 35.5. The number of hydrogen-bond acceptors (Lipinski definition) is 4. The van der Waals surface area contributed by atoms with Crippen LogP contribution in [0.3, 0.4) is 0 Å². The van der Waals surface area contributed by atoms with Crippen molar-refractivity contribution in [3.05, 3.63) is 99.3 Å². The third-order valence-electron chi connectivity index (χ3n) is 7.27. The monoisotopic (exact) mass is 522 g/mol. The molecule has 1 aliphatic heterocycles. The molecular weight excluding hydrogens is 495 g/mol. The molecule has 1 fully saturated rings. The Balaban J connectivity index is 1.63.